The Hall–Kier alpha value is -3.15. The molecule has 0 radical (unpaired) electrons. The second-order valence-corrected chi connectivity index (χ2v) is 5.25. The van der Waals surface area contributed by atoms with Gasteiger partial charge in [0.25, 0.3) is 0 Å². The normalized spacial score (nSPS) is 14.5. The lowest BCUT2D eigenvalue weighted by molar-refractivity contribution is -0.143. The number of hydrogen-bond acceptors (Lipinski definition) is 4. The second kappa shape index (κ2) is 6.54. The Morgan fingerprint density at radius 3 is 2.12 bits per heavy atom. The number of carbonyl (C=O) groups is 3. The third kappa shape index (κ3) is 2.86. The molecular formula is C18H16N2O4. The van der Waals surface area contributed by atoms with Crippen LogP contribution in [-0.2, 0) is 16.1 Å². The van der Waals surface area contributed by atoms with E-state index in [4.69, 9.17) is 4.74 Å². The average molecular weight is 324 g/mol. The second-order valence-electron chi connectivity index (χ2n) is 5.25. The van der Waals surface area contributed by atoms with Gasteiger partial charge in [-0.2, -0.15) is 0 Å². The quantitative estimate of drug-likeness (QED) is 0.626. The van der Waals surface area contributed by atoms with Crippen molar-refractivity contribution in [3.8, 4) is 11.5 Å². The maximum absolute atomic E-state index is 12.2. The van der Waals surface area contributed by atoms with Crippen LogP contribution in [0.5, 0.6) is 11.5 Å². The summed E-state index contributed by atoms with van der Waals surface area (Å²) in [6, 6.07) is 15.7. The predicted octanol–water partition coefficient (Wildman–Crippen LogP) is 2.79. The van der Waals surface area contributed by atoms with E-state index in [-0.39, 0.29) is 13.1 Å². The van der Waals surface area contributed by atoms with E-state index in [1.54, 1.807) is 31.2 Å². The molecular weight excluding hydrogens is 308 g/mol. The predicted molar refractivity (Wildman–Crippen MR) is 86.3 cm³/mol. The number of carbonyl (C=O) groups excluding carboxylic acids is 3. The molecule has 0 atom stereocenters. The van der Waals surface area contributed by atoms with Crippen LogP contribution in [0.3, 0.4) is 0 Å². The smallest absolute Gasteiger partial charge is 0.334 e. The summed E-state index contributed by atoms with van der Waals surface area (Å²) in [7, 11) is 0. The van der Waals surface area contributed by atoms with Crippen molar-refractivity contribution >= 4 is 17.8 Å². The van der Waals surface area contributed by atoms with Crippen LogP contribution in [0.2, 0.25) is 0 Å². The number of para-hydroxylation sites is 2. The van der Waals surface area contributed by atoms with Crippen LogP contribution < -0.4 is 4.74 Å². The van der Waals surface area contributed by atoms with Gasteiger partial charge in [0.05, 0.1) is 6.54 Å². The number of rotatable bonds is 5. The number of ether oxygens (including phenoxy) is 1. The molecule has 0 unspecified atom stereocenters. The zero-order chi connectivity index (χ0) is 17.1. The van der Waals surface area contributed by atoms with Gasteiger partial charge in [-0.1, -0.05) is 36.4 Å². The lowest BCUT2D eigenvalue weighted by atomic mass is 10.2. The molecule has 0 aliphatic carbocycles. The Kier molecular flexibility index (Phi) is 4.29. The van der Waals surface area contributed by atoms with Crippen LogP contribution in [0, 0.1) is 0 Å². The van der Waals surface area contributed by atoms with Crippen LogP contribution in [0.15, 0.2) is 54.6 Å². The van der Waals surface area contributed by atoms with Crippen molar-refractivity contribution in [2.45, 2.75) is 13.5 Å². The molecule has 1 heterocycles. The lowest BCUT2D eigenvalue weighted by Gasteiger charge is -2.16. The number of amides is 4. The van der Waals surface area contributed by atoms with E-state index < -0.39 is 17.8 Å². The van der Waals surface area contributed by atoms with Gasteiger partial charge in [-0.15, -0.1) is 0 Å². The molecule has 3 rings (SSSR count). The van der Waals surface area contributed by atoms with Crippen LogP contribution in [-0.4, -0.2) is 34.2 Å². The van der Waals surface area contributed by atoms with Gasteiger partial charge < -0.3 is 4.74 Å². The summed E-state index contributed by atoms with van der Waals surface area (Å²) < 4.78 is 5.82. The maximum Gasteiger partial charge on any atom is 0.334 e. The van der Waals surface area contributed by atoms with Crippen LogP contribution in [0.25, 0.3) is 0 Å². The highest BCUT2D eigenvalue weighted by molar-refractivity contribution is 6.44. The Labute approximate surface area is 139 Å². The Bertz CT molecular complexity index is 789. The van der Waals surface area contributed by atoms with Crippen molar-refractivity contribution < 1.29 is 19.1 Å². The largest absolute Gasteiger partial charge is 0.457 e. The number of nitrogens with zero attached hydrogens (tertiary/aromatic N) is 2. The van der Waals surface area contributed by atoms with E-state index in [2.05, 4.69) is 0 Å². The van der Waals surface area contributed by atoms with Gasteiger partial charge in [0.1, 0.15) is 11.5 Å². The number of hydrogen-bond donors (Lipinski definition) is 0. The molecule has 6 nitrogen and oxygen atoms in total. The van der Waals surface area contributed by atoms with Crippen molar-refractivity contribution in [2.24, 2.45) is 0 Å². The molecule has 0 saturated carbocycles. The molecule has 0 aromatic heterocycles. The van der Waals surface area contributed by atoms with Crippen molar-refractivity contribution in [1.82, 2.24) is 9.80 Å². The molecule has 1 saturated heterocycles. The van der Waals surface area contributed by atoms with Gasteiger partial charge in [-0.05, 0) is 25.1 Å². The number of benzene rings is 2. The van der Waals surface area contributed by atoms with E-state index in [1.807, 2.05) is 30.3 Å². The molecule has 1 aliphatic heterocycles. The van der Waals surface area contributed by atoms with Gasteiger partial charge >= 0.3 is 17.8 Å². The van der Waals surface area contributed by atoms with Crippen LogP contribution in [0.1, 0.15) is 12.5 Å². The average Bonchev–Trinajstić information content (AvgIpc) is 2.80. The summed E-state index contributed by atoms with van der Waals surface area (Å²) in [4.78, 5) is 37.9. The SMILES string of the molecule is CCN1C(=O)C(=O)N(Cc2ccccc2Oc2ccccc2)C1=O. The first kappa shape index (κ1) is 15.7. The molecule has 4 amide bonds. The molecule has 2 aromatic rings. The third-order valence-corrected chi connectivity index (χ3v) is 3.72. The summed E-state index contributed by atoms with van der Waals surface area (Å²) in [5.41, 5.74) is 0.647. The zero-order valence-corrected chi connectivity index (χ0v) is 13.1. The molecule has 122 valence electrons. The van der Waals surface area contributed by atoms with E-state index in [1.165, 1.54) is 0 Å². The van der Waals surface area contributed by atoms with Crippen LogP contribution >= 0.6 is 0 Å². The van der Waals surface area contributed by atoms with Crippen molar-refractivity contribution in [3.05, 3.63) is 60.2 Å². The topological polar surface area (TPSA) is 66.9 Å². The molecule has 2 aromatic carbocycles. The maximum atomic E-state index is 12.2. The van der Waals surface area contributed by atoms with Crippen molar-refractivity contribution in [3.63, 3.8) is 0 Å². The first-order valence-corrected chi connectivity index (χ1v) is 7.60. The lowest BCUT2D eigenvalue weighted by Crippen LogP contribution is -2.32. The molecule has 0 bridgehead atoms. The molecule has 1 fully saturated rings. The highest BCUT2D eigenvalue weighted by Gasteiger charge is 2.43. The van der Waals surface area contributed by atoms with E-state index >= 15 is 0 Å². The summed E-state index contributed by atoms with van der Waals surface area (Å²) >= 11 is 0. The minimum absolute atomic E-state index is 0.0110. The zero-order valence-electron chi connectivity index (χ0n) is 13.1. The number of imide groups is 2. The fourth-order valence-electron chi connectivity index (χ4n) is 2.49. The number of urea groups is 1. The van der Waals surface area contributed by atoms with Gasteiger partial charge in [0.2, 0.25) is 0 Å². The van der Waals surface area contributed by atoms with E-state index in [0.717, 1.165) is 9.80 Å². The molecule has 0 N–H and O–H groups in total. The fraction of sp³-hybridized carbons (Fsp3) is 0.167. The molecule has 6 heteroatoms. The standard InChI is InChI=1S/C18H16N2O4/c1-2-19-16(21)17(22)20(18(19)23)12-13-8-6-7-11-15(13)24-14-9-4-3-5-10-14/h3-11H,2,12H2,1H3. The van der Waals surface area contributed by atoms with Gasteiger partial charge in [0, 0.05) is 12.1 Å². The molecule has 24 heavy (non-hydrogen) atoms. The van der Waals surface area contributed by atoms with E-state index in [0.29, 0.717) is 17.1 Å². The first-order valence-electron chi connectivity index (χ1n) is 7.60. The Morgan fingerprint density at radius 1 is 0.833 bits per heavy atom. The first-order chi connectivity index (χ1) is 11.6. The Morgan fingerprint density at radius 2 is 1.46 bits per heavy atom. The minimum atomic E-state index is -0.809. The highest BCUT2D eigenvalue weighted by atomic mass is 16.5. The summed E-state index contributed by atoms with van der Waals surface area (Å²) in [5.74, 6) is -0.415. The van der Waals surface area contributed by atoms with Crippen LogP contribution in [0.4, 0.5) is 4.79 Å². The molecule has 1 aliphatic rings. The fourth-order valence-corrected chi connectivity index (χ4v) is 2.49. The third-order valence-electron chi connectivity index (χ3n) is 3.72. The summed E-state index contributed by atoms with van der Waals surface area (Å²) in [5, 5.41) is 0. The highest BCUT2D eigenvalue weighted by Crippen LogP contribution is 2.27. The van der Waals surface area contributed by atoms with Crippen molar-refractivity contribution in [1.29, 1.82) is 0 Å². The number of likely N-dealkylation sites (N-methyl/N-ethyl adjacent to an activating group) is 1. The summed E-state index contributed by atoms with van der Waals surface area (Å²) in [6.07, 6.45) is 0. The summed E-state index contributed by atoms with van der Waals surface area (Å²) in [6.45, 7) is 1.81. The minimum Gasteiger partial charge on any atom is -0.457 e. The molecule has 0 spiro atoms. The van der Waals surface area contributed by atoms with Gasteiger partial charge in [-0.25, -0.2) is 4.79 Å². The van der Waals surface area contributed by atoms with E-state index in [9.17, 15) is 14.4 Å². The van der Waals surface area contributed by atoms with Gasteiger partial charge in [-0.3, -0.25) is 19.4 Å². The Balaban J connectivity index is 1.85. The monoisotopic (exact) mass is 324 g/mol. The van der Waals surface area contributed by atoms with Gasteiger partial charge in [0.15, 0.2) is 0 Å². The van der Waals surface area contributed by atoms with Crippen molar-refractivity contribution in [2.75, 3.05) is 6.54 Å².